The van der Waals surface area contributed by atoms with Gasteiger partial charge in [0.25, 0.3) is 0 Å². The first-order valence-electron chi connectivity index (χ1n) is 6.07. The molecule has 1 heterocycles. The van der Waals surface area contributed by atoms with Gasteiger partial charge < -0.3 is 5.11 Å². The van der Waals surface area contributed by atoms with Gasteiger partial charge in [0.15, 0.2) is 0 Å². The first-order chi connectivity index (χ1) is 8.70. The molecule has 0 amide bonds. The number of aromatic nitrogens is 1. The summed E-state index contributed by atoms with van der Waals surface area (Å²) in [5, 5.41) is 11.0. The van der Waals surface area contributed by atoms with Crippen LogP contribution in [0.1, 0.15) is 29.8 Å². The Morgan fingerprint density at radius 2 is 1.94 bits per heavy atom. The van der Waals surface area contributed by atoms with Crippen LogP contribution in [0.5, 0.6) is 0 Å². The summed E-state index contributed by atoms with van der Waals surface area (Å²) in [4.78, 5) is 4.29. The predicted molar refractivity (Wildman–Crippen MR) is 73.7 cm³/mol. The van der Waals surface area contributed by atoms with Gasteiger partial charge in [0.1, 0.15) is 6.10 Å². The predicted octanol–water partition coefficient (Wildman–Crippen LogP) is 3.57. The molecule has 1 aromatic heterocycles. The van der Waals surface area contributed by atoms with Crippen LogP contribution in [-0.4, -0.2) is 10.1 Å². The van der Waals surface area contributed by atoms with E-state index in [9.17, 15) is 5.11 Å². The summed E-state index contributed by atoms with van der Waals surface area (Å²) in [7, 11) is 0. The number of aryl methyl sites for hydroxylation is 1. The third-order valence-corrected chi connectivity index (χ3v) is 3.22. The summed E-state index contributed by atoms with van der Waals surface area (Å²) >= 11 is 5.84. The van der Waals surface area contributed by atoms with Crippen molar-refractivity contribution in [1.82, 2.24) is 4.98 Å². The molecule has 1 N–H and O–H groups in total. The molecule has 2 nitrogen and oxygen atoms in total. The van der Waals surface area contributed by atoms with Gasteiger partial charge in [-0.3, -0.25) is 4.98 Å². The number of nitrogens with zero attached hydrogens (tertiary/aromatic N) is 1. The number of hydrogen-bond acceptors (Lipinski definition) is 2. The number of halogens is 1. The zero-order valence-corrected chi connectivity index (χ0v) is 11.1. The molecule has 0 fully saturated rings. The van der Waals surface area contributed by atoms with Gasteiger partial charge in [-0.1, -0.05) is 36.7 Å². The highest BCUT2D eigenvalue weighted by Gasteiger charge is 2.13. The second kappa shape index (κ2) is 5.98. The Hall–Kier alpha value is -1.38. The summed E-state index contributed by atoms with van der Waals surface area (Å²) in [6, 6.07) is 11.4. The lowest BCUT2D eigenvalue weighted by Crippen LogP contribution is -2.07. The molecule has 2 aromatic rings. The Labute approximate surface area is 112 Å². The van der Waals surface area contributed by atoms with Crippen molar-refractivity contribution in [2.24, 2.45) is 0 Å². The summed E-state index contributed by atoms with van der Waals surface area (Å²) in [6.07, 6.45) is 2.59. The highest BCUT2D eigenvalue weighted by molar-refractivity contribution is 6.30. The minimum absolute atomic E-state index is 0.557. The van der Waals surface area contributed by atoms with Gasteiger partial charge in [0.2, 0.25) is 0 Å². The van der Waals surface area contributed by atoms with Crippen LogP contribution >= 0.6 is 11.6 Å². The molecule has 94 valence electrons. The van der Waals surface area contributed by atoms with E-state index < -0.39 is 6.10 Å². The summed E-state index contributed by atoms with van der Waals surface area (Å²) in [5.41, 5.74) is 2.92. The fourth-order valence-electron chi connectivity index (χ4n) is 1.99. The SMILES string of the molecule is CCc1cccnc1C(O)Cc1ccc(Cl)cc1. The number of aliphatic hydroxyl groups is 1. The first-order valence-corrected chi connectivity index (χ1v) is 6.44. The van der Waals surface area contributed by atoms with E-state index in [4.69, 9.17) is 11.6 Å². The fourth-order valence-corrected chi connectivity index (χ4v) is 2.12. The Bertz CT molecular complexity index is 510. The molecule has 18 heavy (non-hydrogen) atoms. The van der Waals surface area contributed by atoms with Crippen LogP contribution in [0, 0.1) is 0 Å². The molecule has 0 aliphatic carbocycles. The van der Waals surface area contributed by atoms with Crippen LogP contribution in [0.25, 0.3) is 0 Å². The van der Waals surface area contributed by atoms with E-state index in [0.717, 1.165) is 23.2 Å². The van der Waals surface area contributed by atoms with Crippen molar-refractivity contribution in [3.63, 3.8) is 0 Å². The number of hydrogen-bond donors (Lipinski definition) is 1. The second-order valence-electron chi connectivity index (χ2n) is 4.25. The smallest absolute Gasteiger partial charge is 0.100 e. The topological polar surface area (TPSA) is 33.1 Å². The lowest BCUT2D eigenvalue weighted by atomic mass is 10.0. The molecule has 3 heteroatoms. The van der Waals surface area contributed by atoms with Gasteiger partial charge in [-0.2, -0.15) is 0 Å². The van der Waals surface area contributed by atoms with Crippen molar-refractivity contribution in [1.29, 1.82) is 0 Å². The zero-order chi connectivity index (χ0) is 13.0. The quantitative estimate of drug-likeness (QED) is 0.913. The van der Waals surface area contributed by atoms with Gasteiger partial charge in [-0.05, 0) is 35.7 Å². The second-order valence-corrected chi connectivity index (χ2v) is 4.68. The maximum Gasteiger partial charge on any atom is 0.100 e. The van der Waals surface area contributed by atoms with Crippen LogP contribution in [0.4, 0.5) is 0 Å². The molecular weight excluding hydrogens is 246 g/mol. The van der Waals surface area contributed by atoms with Crippen molar-refractivity contribution < 1.29 is 5.11 Å². The minimum Gasteiger partial charge on any atom is -0.386 e. The van der Waals surface area contributed by atoms with Crippen molar-refractivity contribution in [3.8, 4) is 0 Å². The minimum atomic E-state index is -0.567. The van der Waals surface area contributed by atoms with Crippen LogP contribution in [0.2, 0.25) is 5.02 Å². The molecule has 0 radical (unpaired) electrons. The molecule has 1 aromatic carbocycles. The van der Waals surface area contributed by atoms with E-state index in [1.165, 1.54) is 0 Å². The van der Waals surface area contributed by atoms with Crippen molar-refractivity contribution in [3.05, 3.63) is 64.4 Å². The summed E-state index contributed by atoms with van der Waals surface area (Å²) < 4.78 is 0. The van der Waals surface area contributed by atoms with Crippen molar-refractivity contribution >= 4 is 11.6 Å². The number of benzene rings is 1. The third-order valence-electron chi connectivity index (χ3n) is 2.96. The molecule has 0 spiro atoms. The fraction of sp³-hybridized carbons (Fsp3) is 0.267. The first kappa shape index (κ1) is 13.1. The summed E-state index contributed by atoms with van der Waals surface area (Å²) in [6.45, 7) is 2.07. The van der Waals surface area contributed by atoms with Crippen LogP contribution in [0.3, 0.4) is 0 Å². The normalized spacial score (nSPS) is 12.4. The van der Waals surface area contributed by atoms with E-state index in [-0.39, 0.29) is 0 Å². The van der Waals surface area contributed by atoms with E-state index in [1.807, 2.05) is 36.4 Å². The Morgan fingerprint density at radius 3 is 2.61 bits per heavy atom. The molecule has 0 aliphatic heterocycles. The van der Waals surface area contributed by atoms with E-state index >= 15 is 0 Å². The van der Waals surface area contributed by atoms with Crippen molar-refractivity contribution in [2.45, 2.75) is 25.9 Å². The van der Waals surface area contributed by atoms with Gasteiger partial charge in [-0.15, -0.1) is 0 Å². The van der Waals surface area contributed by atoms with Gasteiger partial charge in [0, 0.05) is 17.6 Å². The lowest BCUT2D eigenvalue weighted by molar-refractivity contribution is 0.172. The Balaban J connectivity index is 2.16. The van der Waals surface area contributed by atoms with E-state index in [2.05, 4.69) is 11.9 Å². The molecule has 2 rings (SSSR count). The molecule has 0 saturated carbocycles. The molecule has 1 atom stereocenters. The monoisotopic (exact) mass is 261 g/mol. The highest BCUT2D eigenvalue weighted by atomic mass is 35.5. The average molecular weight is 262 g/mol. The average Bonchev–Trinajstić information content (AvgIpc) is 2.41. The lowest BCUT2D eigenvalue weighted by Gasteiger charge is -2.13. The van der Waals surface area contributed by atoms with Crippen LogP contribution < -0.4 is 0 Å². The number of aliphatic hydroxyl groups excluding tert-OH is 1. The zero-order valence-electron chi connectivity index (χ0n) is 10.3. The van der Waals surface area contributed by atoms with Crippen LogP contribution in [-0.2, 0) is 12.8 Å². The Morgan fingerprint density at radius 1 is 1.22 bits per heavy atom. The van der Waals surface area contributed by atoms with E-state index in [0.29, 0.717) is 11.4 Å². The highest BCUT2D eigenvalue weighted by Crippen LogP contribution is 2.21. The van der Waals surface area contributed by atoms with Crippen molar-refractivity contribution in [2.75, 3.05) is 0 Å². The van der Waals surface area contributed by atoms with E-state index in [1.54, 1.807) is 6.20 Å². The summed E-state index contributed by atoms with van der Waals surface area (Å²) in [5.74, 6) is 0. The van der Waals surface area contributed by atoms with Gasteiger partial charge in [0.05, 0.1) is 5.69 Å². The molecule has 0 saturated heterocycles. The largest absolute Gasteiger partial charge is 0.386 e. The molecule has 1 unspecified atom stereocenters. The number of rotatable bonds is 4. The van der Waals surface area contributed by atoms with Gasteiger partial charge >= 0.3 is 0 Å². The molecule has 0 aliphatic rings. The number of pyridine rings is 1. The third kappa shape index (κ3) is 3.09. The maximum atomic E-state index is 10.3. The molecular formula is C15H16ClNO. The maximum absolute atomic E-state index is 10.3. The Kier molecular flexibility index (Phi) is 4.34. The molecule has 0 bridgehead atoms. The standard InChI is InChI=1S/C15H16ClNO/c1-2-12-4-3-9-17-15(12)14(18)10-11-5-7-13(16)8-6-11/h3-9,14,18H,2,10H2,1H3. The van der Waals surface area contributed by atoms with Gasteiger partial charge in [-0.25, -0.2) is 0 Å². The van der Waals surface area contributed by atoms with Crippen LogP contribution in [0.15, 0.2) is 42.6 Å².